The van der Waals surface area contributed by atoms with Gasteiger partial charge in [-0.2, -0.15) is 0 Å². The molecule has 0 saturated carbocycles. The molecule has 1 aliphatic heterocycles. The topological polar surface area (TPSA) is 86.8 Å². The highest BCUT2D eigenvalue weighted by Crippen LogP contribution is 2.18. The van der Waals surface area contributed by atoms with E-state index in [1.807, 2.05) is 11.6 Å². The standard InChI is InChI=1S/C17H21ClN6OS.HI/c18-14-3-1-13(2-4-14)15(25)20-5-6-21-16(19)23-8-10-24(11-9-23)17-22-7-12-26-17;/h1-4,7,12H,5-6,8-11H2,(H2,19,21)(H,20,25);1H. The minimum Gasteiger partial charge on any atom is -0.370 e. The number of nitrogens with zero attached hydrogens (tertiary/aromatic N) is 4. The molecule has 0 bridgehead atoms. The molecule has 0 radical (unpaired) electrons. The summed E-state index contributed by atoms with van der Waals surface area (Å²) in [7, 11) is 0. The van der Waals surface area contributed by atoms with Crippen molar-refractivity contribution in [2.24, 2.45) is 10.7 Å². The number of nitrogens with two attached hydrogens (primary N) is 1. The Morgan fingerprint density at radius 2 is 1.96 bits per heavy atom. The first-order valence-electron chi connectivity index (χ1n) is 8.36. The van der Waals surface area contributed by atoms with E-state index in [2.05, 4.69) is 25.1 Å². The number of halogens is 2. The van der Waals surface area contributed by atoms with E-state index in [0.717, 1.165) is 31.3 Å². The van der Waals surface area contributed by atoms with Crippen molar-refractivity contribution in [3.05, 3.63) is 46.4 Å². The average molecular weight is 521 g/mol. The van der Waals surface area contributed by atoms with Gasteiger partial charge in [-0.15, -0.1) is 35.3 Å². The molecule has 1 fully saturated rings. The van der Waals surface area contributed by atoms with E-state index in [1.165, 1.54) is 0 Å². The molecule has 2 heterocycles. The van der Waals surface area contributed by atoms with Gasteiger partial charge in [-0.05, 0) is 24.3 Å². The van der Waals surface area contributed by atoms with Crippen LogP contribution in [0.15, 0.2) is 40.8 Å². The Labute approximate surface area is 184 Å². The first-order chi connectivity index (χ1) is 12.6. The van der Waals surface area contributed by atoms with Crippen molar-refractivity contribution < 1.29 is 4.79 Å². The summed E-state index contributed by atoms with van der Waals surface area (Å²) < 4.78 is 0. The number of hydrogen-bond donors (Lipinski definition) is 2. The van der Waals surface area contributed by atoms with Gasteiger partial charge in [0.05, 0.1) is 6.54 Å². The van der Waals surface area contributed by atoms with Crippen molar-refractivity contribution in [1.82, 2.24) is 15.2 Å². The molecular formula is C17H22ClIN6OS. The van der Waals surface area contributed by atoms with Crippen LogP contribution in [-0.2, 0) is 0 Å². The van der Waals surface area contributed by atoms with E-state index >= 15 is 0 Å². The van der Waals surface area contributed by atoms with Crippen LogP contribution >= 0.6 is 46.9 Å². The van der Waals surface area contributed by atoms with Crippen molar-refractivity contribution >= 4 is 63.9 Å². The number of carbonyl (C=O) groups is 1. The summed E-state index contributed by atoms with van der Waals surface area (Å²) in [4.78, 5) is 25.0. The lowest BCUT2D eigenvalue weighted by molar-refractivity contribution is 0.0955. The summed E-state index contributed by atoms with van der Waals surface area (Å²) in [5, 5.41) is 6.46. The van der Waals surface area contributed by atoms with Crippen molar-refractivity contribution in [3.8, 4) is 0 Å². The van der Waals surface area contributed by atoms with Gasteiger partial charge in [-0.25, -0.2) is 4.98 Å². The van der Waals surface area contributed by atoms with Gasteiger partial charge in [0, 0.05) is 54.9 Å². The smallest absolute Gasteiger partial charge is 0.251 e. The number of hydrogen-bond acceptors (Lipinski definition) is 5. The molecule has 1 saturated heterocycles. The van der Waals surface area contributed by atoms with Crippen LogP contribution in [0.4, 0.5) is 5.13 Å². The molecule has 0 atom stereocenters. The second-order valence-electron chi connectivity index (χ2n) is 5.79. The second kappa shape index (κ2) is 10.7. The van der Waals surface area contributed by atoms with Crippen molar-refractivity contribution in [2.75, 3.05) is 44.2 Å². The third-order valence-electron chi connectivity index (χ3n) is 4.07. The van der Waals surface area contributed by atoms with E-state index in [9.17, 15) is 4.79 Å². The molecule has 27 heavy (non-hydrogen) atoms. The van der Waals surface area contributed by atoms with E-state index in [4.69, 9.17) is 17.3 Å². The van der Waals surface area contributed by atoms with Crippen LogP contribution < -0.4 is 16.0 Å². The zero-order valence-corrected chi connectivity index (χ0v) is 18.6. The van der Waals surface area contributed by atoms with Crippen LogP contribution in [0.5, 0.6) is 0 Å². The molecule has 0 aliphatic carbocycles. The molecule has 1 aromatic carbocycles. The fraction of sp³-hybridized carbons (Fsp3) is 0.353. The number of aromatic nitrogens is 1. The molecule has 3 N–H and O–H groups in total. The highest BCUT2D eigenvalue weighted by Gasteiger charge is 2.19. The fourth-order valence-electron chi connectivity index (χ4n) is 2.64. The van der Waals surface area contributed by atoms with Crippen molar-refractivity contribution in [1.29, 1.82) is 0 Å². The number of piperazine rings is 1. The number of amides is 1. The summed E-state index contributed by atoms with van der Waals surface area (Å²) in [6.45, 7) is 4.24. The normalized spacial score (nSPS) is 14.6. The maximum Gasteiger partial charge on any atom is 0.251 e. The molecule has 146 valence electrons. The van der Waals surface area contributed by atoms with Crippen molar-refractivity contribution in [3.63, 3.8) is 0 Å². The van der Waals surface area contributed by atoms with E-state index < -0.39 is 0 Å². The third-order valence-corrected chi connectivity index (χ3v) is 5.16. The number of aliphatic imine (C=N–C) groups is 1. The summed E-state index contributed by atoms with van der Waals surface area (Å²) in [5.74, 6) is 0.372. The van der Waals surface area contributed by atoms with Gasteiger partial charge >= 0.3 is 0 Å². The Balaban J connectivity index is 0.00000261. The fourth-order valence-corrected chi connectivity index (χ4v) is 3.46. The Kier molecular flexibility index (Phi) is 8.58. The Bertz CT molecular complexity index is 747. The SMILES string of the molecule is I.NC(=NCCNC(=O)c1ccc(Cl)cc1)N1CCN(c2nccs2)CC1. The first-order valence-corrected chi connectivity index (χ1v) is 9.62. The number of anilines is 1. The number of carbonyl (C=O) groups excluding carboxylic acids is 1. The van der Waals surface area contributed by atoms with Crippen LogP contribution in [0, 0.1) is 0 Å². The quantitative estimate of drug-likeness (QED) is 0.273. The molecule has 3 rings (SSSR count). The van der Waals surface area contributed by atoms with Gasteiger partial charge in [-0.3, -0.25) is 9.79 Å². The van der Waals surface area contributed by atoms with Crippen LogP contribution in [0.25, 0.3) is 0 Å². The van der Waals surface area contributed by atoms with Crippen LogP contribution in [0.1, 0.15) is 10.4 Å². The van der Waals surface area contributed by atoms with E-state index in [1.54, 1.807) is 35.6 Å². The molecule has 0 spiro atoms. The highest BCUT2D eigenvalue weighted by molar-refractivity contribution is 14.0. The Morgan fingerprint density at radius 3 is 2.59 bits per heavy atom. The molecule has 10 heteroatoms. The Morgan fingerprint density at radius 1 is 1.26 bits per heavy atom. The Hall–Kier alpha value is -1.59. The lowest BCUT2D eigenvalue weighted by Gasteiger charge is -2.35. The van der Waals surface area contributed by atoms with E-state index in [0.29, 0.717) is 29.6 Å². The van der Waals surface area contributed by atoms with Crippen LogP contribution in [-0.4, -0.2) is 61.0 Å². The van der Waals surface area contributed by atoms with Gasteiger partial charge in [0.15, 0.2) is 11.1 Å². The lowest BCUT2D eigenvalue weighted by atomic mass is 10.2. The molecule has 7 nitrogen and oxygen atoms in total. The van der Waals surface area contributed by atoms with Gasteiger partial charge in [-0.1, -0.05) is 11.6 Å². The number of nitrogens with one attached hydrogen (secondary N) is 1. The van der Waals surface area contributed by atoms with Gasteiger partial charge in [0.2, 0.25) is 0 Å². The molecule has 1 amide bonds. The van der Waals surface area contributed by atoms with Crippen molar-refractivity contribution in [2.45, 2.75) is 0 Å². The summed E-state index contributed by atoms with van der Waals surface area (Å²) in [6.07, 6.45) is 1.82. The van der Waals surface area contributed by atoms with Crippen LogP contribution in [0.3, 0.4) is 0 Å². The summed E-state index contributed by atoms with van der Waals surface area (Å²) >= 11 is 7.46. The molecule has 0 unspecified atom stereocenters. The molecule has 2 aromatic rings. The maximum absolute atomic E-state index is 12.0. The summed E-state index contributed by atoms with van der Waals surface area (Å²) in [6, 6.07) is 6.77. The highest BCUT2D eigenvalue weighted by atomic mass is 127. The second-order valence-corrected chi connectivity index (χ2v) is 7.10. The van der Waals surface area contributed by atoms with Crippen LogP contribution in [0.2, 0.25) is 5.02 Å². The van der Waals surface area contributed by atoms with E-state index in [-0.39, 0.29) is 29.9 Å². The number of benzene rings is 1. The lowest BCUT2D eigenvalue weighted by Crippen LogP contribution is -2.51. The first kappa shape index (κ1) is 21.7. The zero-order valence-electron chi connectivity index (χ0n) is 14.7. The number of rotatable bonds is 5. The average Bonchev–Trinajstić information content (AvgIpc) is 3.20. The minimum atomic E-state index is -0.146. The number of thiazole rings is 1. The van der Waals surface area contributed by atoms with Gasteiger partial charge in [0.25, 0.3) is 5.91 Å². The van der Waals surface area contributed by atoms with Gasteiger partial charge in [0.1, 0.15) is 0 Å². The minimum absolute atomic E-state index is 0. The number of guanidine groups is 1. The monoisotopic (exact) mass is 520 g/mol. The molecule has 1 aliphatic rings. The zero-order chi connectivity index (χ0) is 18.4. The molecular weight excluding hydrogens is 499 g/mol. The predicted octanol–water partition coefficient (Wildman–Crippen LogP) is 2.28. The van der Waals surface area contributed by atoms with Gasteiger partial charge < -0.3 is 20.9 Å². The maximum atomic E-state index is 12.0. The predicted molar refractivity (Wildman–Crippen MR) is 122 cm³/mol. The largest absolute Gasteiger partial charge is 0.370 e. The molecule has 1 aromatic heterocycles. The third kappa shape index (κ3) is 6.22. The summed E-state index contributed by atoms with van der Waals surface area (Å²) in [5.41, 5.74) is 6.65.